The Labute approximate surface area is 183 Å². The summed E-state index contributed by atoms with van der Waals surface area (Å²) in [6, 6.07) is 13.5. The monoisotopic (exact) mass is 501 g/mol. The lowest BCUT2D eigenvalue weighted by molar-refractivity contribution is 0.321. The summed E-state index contributed by atoms with van der Waals surface area (Å²) in [5.74, 6) is 3.34. The SMILES string of the molecule is CN=C(NCCOc1ccccc1)NCc1ccc(OC)c(OC)c1OC.I. The van der Waals surface area contributed by atoms with Crippen molar-refractivity contribution in [1.82, 2.24) is 10.6 Å². The highest BCUT2D eigenvalue weighted by Gasteiger charge is 2.15. The number of para-hydroxylation sites is 1. The number of hydrogen-bond acceptors (Lipinski definition) is 5. The van der Waals surface area contributed by atoms with E-state index in [4.69, 9.17) is 18.9 Å². The highest BCUT2D eigenvalue weighted by Crippen LogP contribution is 2.39. The largest absolute Gasteiger partial charge is 0.493 e. The van der Waals surface area contributed by atoms with Crippen LogP contribution in [0, 0.1) is 0 Å². The summed E-state index contributed by atoms with van der Waals surface area (Å²) >= 11 is 0. The quantitative estimate of drug-likeness (QED) is 0.238. The first-order chi connectivity index (χ1) is 13.2. The fourth-order valence-electron chi connectivity index (χ4n) is 2.56. The van der Waals surface area contributed by atoms with Crippen LogP contribution in [0.2, 0.25) is 0 Å². The Morgan fingerprint density at radius 3 is 2.21 bits per heavy atom. The van der Waals surface area contributed by atoms with Crippen molar-refractivity contribution < 1.29 is 18.9 Å². The van der Waals surface area contributed by atoms with E-state index in [1.807, 2.05) is 42.5 Å². The molecule has 0 fully saturated rings. The molecule has 28 heavy (non-hydrogen) atoms. The molecule has 0 aliphatic carbocycles. The highest BCUT2D eigenvalue weighted by molar-refractivity contribution is 14.0. The van der Waals surface area contributed by atoms with Gasteiger partial charge in [0, 0.05) is 19.2 Å². The van der Waals surface area contributed by atoms with Gasteiger partial charge in [0.2, 0.25) is 5.75 Å². The molecular formula is C20H28IN3O4. The zero-order chi connectivity index (χ0) is 19.5. The van der Waals surface area contributed by atoms with Gasteiger partial charge in [-0.2, -0.15) is 0 Å². The minimum atomic E-state index is 0. The van der Waals surface area contributed by atoms with E-state index in [1.165, 1.54) is 0 Å². The van der Waals surface area contributed by atoms with E-state index < -0.39 is 0 Å². The maximum Gasteiger partial charge on any atom is 0.203 e. The first-order valence-electron chi connectivity index (χ1n) is 8.63. The highest BCUT2D eigenvalue weighted by atomic mass is 127. The molecule has 0 aliphatic heterocycles. The zero-order valence-corrected chi connectivity index (χ0v) is 19.0. The maximum atomic E-state index is 5.66. The topological polar surface area (TPSA) is 73.3 Å². The summed E-state index contributed by atoms with van der Waals surface area (Å²) in [7, 11) is 6.51. The van der Waals surface area contributed by atoms with Crippen molar-refractivity contribution in [1.29, 1.82) is 0 Å². The van der Waals surface area contributed by atoms with Crippen molar-refractivity contribution in [2.75, 3.05) is 41.5 Å². The average molecular weight is 501 g/mol. The number of guanidine groups is 1. The number of nitrogens with one attached hydrogen (secondary N) is 2. The number of ether oxygens (including phenoxy) is 4. The average Bonchev–Trinajstić information content (AvgIpc) is 2.73. The standard InChI is InChI=1S/C20H27N3O4.HI/c1-21-20(22-12-13-27-16-8-6-5-7-9-16)23-14-15-10-11-17(24-2)19(26-4)18(15)25-3;/h5-11H,12-14H2,1-4H3,(H2,21,22,23);1H. The summed E-state index contributed by atoms with van der Waals surface area (Å²) in [4.78, 5) is 4.22. The molecule has 0 atom stereocenters. The molecule has 2 rings (SSSR count). The van der Waals surface area contributed by atoms with Crippen LogP contribution in [0.5, 0.6) is 23.0 Å². The van der Waals surface area contributed by atoms with Gasteiger partial charge in [-0.15, -0.1) is 24.0 Å². The molecule has 0 heterocycles. The Morgan fingerprint density at radius 1 is 0.893 bits per heavy atom. The van der Waals surface area contributed by atoms with E-state index in [-0.39, 0.29) is 24.0 Å². The number of benzene rings is 2. The van der Waals surface area contributed by atoms with E-state index in [1.54, 1.807) is 28.4 Å². The van der Waals surface area contributed by atoms with Crippen molar-refractivity contribution in [2.45, 2.75) is 6.54 Å². The fraction of sp³-hybridized carbons (Fsp3) is 0.350. The van der Waals surface area contributed by atoms with Crippen LogP contribution < -0.4 is 29.6 Å². The van der Waals surface area contributed by atoms with Crippen molar-refractivity contribution in [3.63, 3.8) is 0 Å². The number of halogens is 1. The lowest BCUT2D eigenvalue weighted by atomic mass is 10.1. The Hall–Kier alpha value is -2.36. The molecule has 0 amide bonds. The lowest BCUT2D eigenvalue weighted by Crippen LogP contribution is -2.38. The van der Waals surface area contributed by atoms with Gasteiger partial charge in [-0.3, -0.25) is 4.99 Å². The van der Waals surface area contributed by atoms with Gasteiger partial charge in [-0.25, -0.2) is 0 Å². The molecule has 0 saturated heterocycles. The number of methoxy groups -OCH3 is 3. The molecule has 0 saturated carbocycles. The predicted molar refractivity (Wildman–Crippen MR) is 122 cm³/mol. The van der Waals surface area contributed by atoms with Crippen LogP contribution in [0.1, 0.15) is 5.56 Å². The van der Waals surface area contributed by atoms with Crippen molar-refractivity contribution in [3.8, 4) is 23.0 Å². The third-order valence-corrected chi connectivity index (χ3v) is 3.86. The molecule has 154 valence electrons. The van der Waals surface area contributed by atoms with Gasteiger partial charge in [0.15, 0.2) is 17.5 Å². The lowest BCUT2D eigenvalue weighted by Gasteiger charge is -2.17. The molecule has 2 aromatic carbocycles. The summed E-state index contributed by atoms with van der Waals surface area (Å²) in [5.41, 5.74) is 0.929. The van der Waals surface area contributed by atoms with Gasteiger partial charge < -0.3 is 29.6 Å². The molecule has 0 bridgehead atoms. The second-order valence-corrected chi connectivity index (χ2v) is 5.51. The minimum absolute atomic E-state index is 0. The van der Waals surface area contributed by atoms with Crippen molar-refractivity contribution in [2.24, 2.45) is 4.99 Å². The summed E-state index contributed by atoms with van der Waals surface area (Å²) < 4.78 is 21.9. The Bertz CT molecular complexity index is 742. The van der Waals surface area contributed by atoms with Gasteiger partial charge in [-0.1, -0.05) is 18.2 Å². The summed E-state index contributed by atoms with van der Waals surface area (Å²) in [6.07, 6.45) is 0. The maximum absolute atomic E-state index is 5.66. The minimum Gasteiger partial charge on any atom is -0.493 e. The van der Waals surface area contributed by atoms with Crippen molar-refractivity contribution in [3.05, 3.63) is 48.0 Å². The molecule has 2 aromatic rings. The number of hydrogen-bond donors (Lipinski definition) is 2. The smallest absolute Gasteiger partial charge is 0.203 e. The fourth-order valence-corrected chi connectivity index (χ4v) is 2.56. The molecule has 0 spiro atoms. The van der Waals surface area contributed by atoms with Crippen LogP contribution in [0.15, 0.2) is 47.5 Å². The first kappa shape index (κ1) is 23.7. The number of rotatable bonds is 9. The predicted octanol–water partition coefficient (Wildman–Crippen LogP) is 3.07. The van der Waals surface area contributed by atoms with Gasteiger partial charge in [0.1, 0.15) is 12.4 Å². The van der Waals surface area contributed by atoms with E-state index in [2.05, 4.69) is 15.6 Å². The molecule has 0 unspecified atom stereocenters. The van der Waals surface area contributed by atoms with Crippen LogP contribution >= 0.6 is 24.0 Å². The van der Waals surface area contributed by atoms with Gasteiger partial charge >= 0.3 is 0 Å². The number of aliphatic imine (C=N–C) groups is 1. The van der Waals surface area contributed by atoms with Crippen LogP contribution in [-0.2, 0) is 6.54 Å². The summed E-state index contributed by atoms with van der Waals surface area (Å²) in [5, 5.41) is 6.47. The molecule has 7 nitrogen and oxygen atoms in total. The normalized spacial score (nSPS) is 10.5. The van der Waals surface area contributed by atoms with E-state index >= 15 is 0 Å². The Morgan fingerprint density at radius 2 is 1.61 bits per heavy atom. The van der Waals surface area contributed by atoms with Gasteiger partial charge in [0.05, 0.1) is 27.9 Å². The molecule has 0 aliphatic rings. The zero-order valence-electron chi connectivity index (χ0n) is 16.7. The van der Waals surface area contributed by atoms with E-state index in [9.17, 15) is 0 Å². The summed E-state index contributed by atoms with van der Waals surface area (Å²) in [6.45, 7) is 1.67. The Kier molecular flexibility index (Phi) is 10.9. The van der Waals surface area contributed by atoms with Crippen LogP contribution in [0.25, 0.3) is 0 Å². The Balaban J connectivity index is 0.00000392. The molecular weight excluding hydrogens is 473 g/mol. The third kappa shape index (κ3) is 6.66. The van der Waals surface area contributed by atoms with E-state index in [0.717, 1.165) is 11.3 Å². The first-order valence-corrected chi connectivity index (χ1v) is 8.63. The molecule has 0 aromatic heterocycles. The third-order valence-electron chi connectivity index (χ3n) is 3.86. The van der Waals surface area contributed by atoms with Crippen LogP contribution in [0.4, 0.5) is 0 Å². The second-order valence-electron chi connectivity index (χ2n) is 5.51. The van der Waals surface area contributed by atoms with E-state index in [0.29, 0.717) is 42.9 Å². The van der Waals surface area contributed by atoms with Crippen LogP contribution in [0.3, 0.4) is 0 Å². The second kappa shape index (κ2) is 12.9. The van der Waals surface area contributed by atoms with Crippen LogP contribution in [-0.4, -0.2) is 47.5 Å². The molecule has 0 radical (unpaired) electrons. The number of nitrogens with zero attached hydrogens (tertiary/aromatic N) is 1. The van der Waals surface area contributed by atoms with Gasteiger partial charge in [0.25, 0.3) is 0 Å². The molecule has 2 N–H and O–H groups in total. The van der Waals surface area contributed by atoms with Crippen molar-refractivity contribution >= 4 is 29.9 Å². The molecule has 8 heteroatoms. The van der Waals surface area contributed by atoms with Gasteiger partial charge in [-0.05, 0) is 24.3 Å².